The number of aromatic nitrogens is 1. The first-order valence-electron chi connectivity index (χ1n) is 6.98. The van der Waals surface area contributed by atoms with Crippen molar-refractivity contribution in [3.63, 3.8) is 0 Å². The summed E-state index contributed by atoms with van der Waals surface area (Å²) in [5.74, 6) is -0.376. The predicted molar refractivity (Wildman–Crippen MR) is 86.1 cm³/mol. The van der Waals surface area contributed by atoms with Crippen LogP contribution < -0.4 is 4.72 Å². The standard InChI is InChI=1S/C15H19FN2O2S2/c1-5-14-17-13(8-21-14)11(4)18-22(19,20)12-6-9(2)15(16)10(3)7-12/h6-8,11,18H,5H2,1-4H3. The summed E-state index contributed by atoms with van der Waals surface area (Å²) in [4.78, 5) is 4.46. The SMILES string of the molecule is CCc1nc(C(C)NS(=O)(=O)c2cc(C)c(F)c(C)c2)cs1. The van der Waals surface area contributed by atoms with E-state index in [0.29, 0.717) is 16.8 Å². The second-order valence-electron chi connectivity index (χ2n) is 5.23. The molecule has 1 unspecified atom stereocenters. The van der Waals surface area contributed by atoms with E-state index in [-0.39, 0.29) is 10.7 Å². The minimum absolute atomic E-state index is 0.0710. The van der Waals surface area contributed by atoms with Crippen LogP contribution >= 0.6 is 11.3 Å². The summed E-state index contributed by atoms with van der Waals surface area (Å²) >= 11 is 1.51. The van der Waals surface area contributed by atoms with E-state index in [1.807, 2.05) is 12.3 Å². The molecule has 120 valence electrons. The molecule has 4 nitrogen and oxygen atoms in total. The highest BCUT2D eigenvalue weighted by atomic mass is 32.2. The van der Waals surface area contributed by atoms with Crippen LogP contribution in [0, 0.1) is 19.7 Å². The van der Waals surface area contributed by atoms with Gasteiger partial charge in [0.25, 0.3) is 0 Å². The van der Waals surface area contributed by atoms with Crippen molar-refractivity contribution in [3.05, 3.63) is 45.2 Å². The zero-order valence-corrected chi connectivity index (χ0v) is 14.6. The van der Waals surface area contributed by atoms with Crippen LogP contribution in [-0.4, -0.2) is 13.4 Å². The highest BCUT2D eigenvalue weighted by molar-refractivity contribution is 7.89. The number of halogens is 1. The van der Waals surface area contributed by atoms with Crippen LogP contribution in [0.1, 0.15) is 41.7 Å². The lowest BCUT2D eigenvalue weighted by Gasteiger charge is -2.13. The smallest absolute Gasteiger partial charge is 0.241 e. The Labute approximate surface area is 134 Å². The minimum Gasteiger partial charge on any atom is -0.245 e. The maximum absolute atomic E-state index is 13.6. The average molecular weight is 342 g/mol. The number of aryl methyl sites for hydroxylation is 3. The number of benzene rings is 1. The number of sulfonamides is 1. The van der Waals surface area contributed by atoms with Gasteiger partial charge in [-0.05, 0) is 50.5 Å². The molecule has 0 radical (unpaired) electrons. The van der Waals surface area contributed by atoms with Crippen LogP contribution in [-0.2, 0) is 16.4 Å². The zero-order chi connectivity index (χ0) is 16.5. The van der Waals surface area contributed by atoms with Crippen molar-refractivity contribution in [1.29, 1.82) is 0 Å². The molecule has 0 saturated carbocycles. The molecule has 1 aromatic heterocycles. The Morgan fingerprint density at radius 3 is 2.41 bits per heavy atom. The van der Waals surface area contributed by atoms with Crippen molar-refractivity contribution in [2.24, 2.45) is 0 Å². The molecule has 1 N–H and O–H groups in total. The minimum atomic E-state index is -3.72. The quantitative estimate of drug-likeness (QED) is 0.905. The zero-order valence-electron chi connectivity index (χ0n) is 13.0. The molecule has 0 fully saturated rings. The Kier molecular flexibility index (Phi) is 4.99. The van der Waals surface area contributed by atoms with E-state index in [9.17, 15) is 12.8 Å². The molecule has 0 saturated heterocycles. The maximum Gasteiger partial charge on any atom is 0.241 e. The van der Waals surface area contributed by atoms with Crippen molar-refractivity contribution >= 4 is 21.4 Å². The van der Waals surface area contributed by atoms with E-state index >= 15 is 0 Å². The molecule has 2 aromatic rings. The first-order chi connectivity index (χ1) is 10.2. The molecule has 1 atom stereocenters. The fraction of sp³-hybridized carbons (Fsp3) is 0.400. The lowest BCUT2D eigenvalue weighted by molar-refractivity contribution is 0.562. The molecule has 0 bridgehead atoms. The molecule has 0 aliphatic carbocycles. The number of nitrogens with zero attached hydrogens (tertiary/aromatic N) is 1. The summed E-state index contributed by atoms with van der Waals surface area (Å²) in [6.45, 7) is 6.86. The molecular formula is C15H19FN2O2S2. The van der Waals surface area contributed by atoms with Crippen LogP contribution in [0.25, 0.3) is 0 Å². The van der Waals surface area contributed by atoms with Gasteiger partial charge in [-0.3, -0.25) is 0 Å². The van der Waals surface area contributed by atoms with Gasteiger partial charge in [-0.15, -0.1) is 11.3 Å². The van der Waals surface area contributed by atoms with Gasteiger partial charge in [0, 0.05) is 5.38 Å². The molecule has 0 aliphatic rings. The molecule has 0 aliphatic heterocycles. The van der Waals surface area contributed by atoms with E-state index in [2.05, 4.69) is 9.71 Å². The van der Waals surface area contributed by atoms with E-state index in [0.717, 1.165) is 11.4 Å². The van der Waals surface area contributed by atoms with Crippen molar-refractivity contribution in [2.75, 3.05) is 0 Å². The van der Waals surface area contributed by atoms with Gasteiger partial charge in [0.1, 0.15) is 5.82 Å². The number of thiazole rings is 1. The third kappa shape index (κ3) is 3.53. The third-order valence-electron chi connectivity index (χ3n) is 3.37. The van der Waals surface area contributed by atoms with Crippen LogP contribution in [0.5, 0.6) is 0 Å². The molecule has 2 rings (SSSR count). The Hall–Kier alpha value is -1.31. The first-order valence-corrected chi connectivity index (χ1v) is 9.34. The second-order valence-corrected chi connectivity index (χ2v) is 7.89. The van der Waals surface area contributed by atoms with Gasteiger partial charge in [-0.1, -0.05) is 6.92 Å². The van der Waals surface area contributed by atoms with Gasteiger partial charge < -0.3 is 0 Å². The van der Waals surface area contributed by atoms with Crippen molar-refractivity contribution < 1.29 is 12.8 Å². The molecule has 0 amide bonds. The van der Waals surface area contributed by atoms with E-state index in [1.165, 1.54) is 23.5 Å². The highest BCUT2D eigenvalue weighted by Crippen LogP contribution is 2.22. The monoisotopic (exact) mass is 342 g/mol. The summed E-state index contributed by atoms with van der Waals surface area (Å²) in [7, 11) is -3.72. The molecular weight excluding hydrogens is 323 g/mol. The number of nitrogens with one attached hydrogen (secondary N) is 1. The van der Waals surface area contributed by atoms with E-state index in [1.54, 1.807) is 20.8 Å². The van der Waals surface area contributed by atoms with Gasteiger partial charge in [0.15, 0.2) is 0 Å². The molecule has 1 aromatic carbocycles. The van der Waals surface area contributed by atoms with E-state index in [4.69, 9.17) is 0 Å². The Morgan fingerprint density at radius 2 is 1.91 bits per heavy atom. The Morgan fingerprint density at radius 1 is 1.32 bits per heavy atom. The molecule has 7 heteroatoms. The van der Waals surface area contributed by atoms with Crippen LogP contribution in [0.2, 0.25) is 0 Å². The topological polar surface area (TPSA) is 59.1 Å². The fourth-order valence-electron chi connectivity index (χ4n) is 2.11. The summed E-state index contributed by atoms with van der Waals surface area (Å²) in [6.07, 6.45) is 0.820. The summed E-state index contributed by atoms with van der Waals surface area (Å²) in [5, 5.41) is 2.82. The van der Waals surface area contributed by atoms with Crippen molar-refractivity contribution in [3.8, 4) is 0 Å². The van der Waals surface area contributed by atoms with Gasteiger partial charge in [0.2, 0.25) is 10.0 Å². The van der Waals surface area contributed by atoms with Crippen LogP contribution in [0.15, 0.2) is 22.4 Å². The summed E-state index contributed by atoms with van der Waals surface area (Å²) in [5.41, 5.74) is 1.32. The summed E-state index contributed by atoms with van der Waals surface area (Å²) < 4.78 is 41.1. The normalized spacial score (nSPS) is 13.3. The highest BCUT2D eigenvalue weighted by Gasteiger charge is 2.21. The second kappa shape index (κ2) is 6.44. The first kappa shape index (κ1) is 17.1. The molecule has 1 heterocycles. The van der Waals surface area contributed by atoms with Crippen molar-refractivity contribution in [1.82, 2.24) is 9.71 Å². The Bertz CT molecular complexity index is 762. The number of hydrogen-bond donors (Lipinski definition) is 1. The fourth-order valence-corrected chi connectivity index (χ4v) is 4.33. The maximum atomic E-state index is 13.6. The van der Waals surface area contributed by atoms with Gasteiger partial charge in [0.05, 0.1) is 21.6 Å². The van der Waals surface area contributed by atoms with E-state index < -0.39 is 16.1 Å². The third-order valence-corrected chi connectivity index (χ3v) is 5.90. The Balaban J connectivity index is 2.27. The lowest BCUT2D eigenvalue weighted by Crippen LogP contribution is -2.27. The van der Waals surface area contributed by atoms with Crippen molar-refractivity contribution in [2.45, 2.75) is 45.1 Å². The van der Waals surface area contributed by atoms with Gasteiger partial charge >= 0.3 is 0 Å². The largest absolute Gasteiger partial charge is 0.245 e. The van der Waals surface area contributed by atoms with Crippen LogP contribution in [0.3, 0.4) is 0 Å². The average Bonchev–Trinajstić information content (AvgIpc) is 2.92. The summed E-state index contributed by atoms with van der Waals surface area (Å²) in [6, 6.07) is 2.25. The number of rotatable bonds is 5. The van der Waals surface area contributed by atoms with Gasteiger partial charge in [-0.2, -0.15) is 0 Å². The lowest BCUT2D eigenvalue weighted by atomic mass is 10.1. The van der Waals surface area contributed by atoms with Crippen LogP contribution in [0.4, 0.5) is 4.39 Å². The number of hydrogen-bond acceptors (Lipinski definition) is 4. The molecule has 22 heavy (non-hydrogen) atoms. The molecule has 0 spiro atoms. The predicted octanol–water partition coefficient (Wildman–Crippen LogP) is 3.50. The van der Waals surface area contributed by atoms with Gasteiger partial charge in [-0.25, -0.2) is 22.5 Å².